The highest BCUT2D eigenvalue weighted by molar-refractivity contribution is 7.91. The summed E-state index contributed by atoms with van der Waals surface area (Å²) < 4.78 is 23.0. The first-order valence-corrected chi connectivity index (χ1v) is 7.97. The molecular formula is C13H15N3O2S. The lowest BCUT2D eigenvalue weighted by molar-refractivity contribution is 0.602. The lowest BCUT2D eigenvalue weighted by atomic mass is 10.1. The summed E-state index contributed by atoms with van der Waals surface area (Å²) in [5.41, 5.74) is 8.15. The normalized spacial score (nSPS) is 21.6. The number of rotatable bonds is 2. The fourth-order valence-electron chi connectivity index (χ4n) is 2.45. The first kappa shape index (κ1) is 12.2. The van der Waals surface area contributed by atoms with E-state index in [0.29, 0.717) is 12.1 Å². The summed E-state index contributed by atoms with van der Waals surface area (Å²) >= 11 is 0. The average molecular weight is 277 g/mol. The molecule has 2 aromatic rings. The maximum Gasteiger partial charge on any atom is 0.152 e. The van der Waals surface area contributed by atoms with Crippen molar-refractivity contribution in [2.45, 2.75) is 12.5 Å². The lowest BCUT2D eigenvalue weighted by Crippen LogP contribution is -2.20. The Bertz CT molecular complexity index is 728. The Morgan fingerprint density at radius 2 is 2.16 bits per heavy atom. The molecule has 2 heterocycles. The Morgan fingerprint density at radius 1 is 1.32 bits per heavy atom. The molecule has 0 saturated carbocycles. The van der Waals surface area contributed by atoms with Gasteiger partial charge < -0.3 is 11.1 Å². The fraction of sp³-hybridized carbons (Fsp3) is 0.308. The average Bonchev–Trinajstić information content (AvgIpc) is 2.70. The SMILES string of the molecule is Nc1cccc2c(NC3CCS(=O)(=O)C3)ccnc12. The third-order valence-corrected chi connectivity index (χ3v) is 5.16. The largest absolute Gasteiger partial charge is 0.397 e. The van der Waals surface area contributed by atoms with Gasteiger partial charge in [-0.2, -0.15) is 0 Å². The van der Waals surface area contributed by atoms with Gasteiger partial charge in [0, 0.05) is 23.3 Å². The van der Waals surface area contributed by atoms with Gasteiger partial charge in [-0.25, -0.2) is 8.42 Å². The molecule has 3 N–H and O–H groups in total. The topological polar surface area (TPSA) is 85.1 Å². The van der Waals surface area contributed by atoms with Gasteiger partial charge in [-0.1, -0.05) is 12.1 Å². The van der Waals surface area contributed by atoms with Crippen molar-refractivity contribution in [1.82, 2.24) is 4.98 Å². The molecule has 0 spiro atoms. The Kier molecular flexibility index (Phi) is 2.82. The van der Waals surface area contributed by atoms with E-state index in [1.54, 1.807) is 12.3 Å². The molecule has 100 valence electrons. The predicted molar refractivity (Wildman–Crippen MR) is 76.8 cm³/mol. The number of nitrogens with two attached hydrogens (primary N) is 1. The molecule has 1 aliphatic rings. The Balaban J connectivity index is 1.96. The molecule has 0 radical (unpaired) electrons. The number of nitrogens with zero attached hydrogens (tertiary/aromatic N) is 1. The van der Waals surface area contributed by atoms with E-state index in [0.717, 1.165) is 16.6 Å². The molecule has 0 bridgehead atoms. The van der Waals surface area contributed by atoms with Gasteiger partial charge in [-0.05, 0) is 18.6 Å². The zero-order valence-corrected chi connectivity index (χ0v) is 11.2. The van der Waals surface area contributed by atoms with Gasteiger partial charge in [0.1, 0.15) is 0 Å². The quantitative estimate of drug-likeness (QED) is 0.811. The molecule has 1 unspecified atom stereocenters. The molecule has 3 rings (SSSR count). The van der Waals surface area contributed by atoms with E-state index in [-0.39, 0.29) is 17.5 Å². The highest BCUT2D eigenvalue weighted by atomic mass is 32.2. The summed E-state index contributed by atoms with van der Waals surface area (Å²) in [5, 5.41) is 4.21. The third-order valence-electron chi connectivity index (χ3n) is 3.39. The number of nitrogens with one attached hydrogen (secondary N) is 1. The van der Waals surface area contributed by atoms with Crippen LogP contribution >= 0.6 is 0 Å². The van der Waals surface area contributed by atoms with Gasteiger partial charge >= 0.3 is 0 Å². The molecule has 1 fully saturated rings. The van der Waals surface area contributed by atoms with Crippen LogP contribution < -0.4 is 11.1 Å². The number of nitrogen functional groups attached to an aromatic ring is 1. The van der Waals surface area contributed by atoms with Gasteiger partial charge in [0.05, 0.1) is 22.7 Å². The van der Waals surface area contributed by atoms with Crippen molar-refractivity contribution in [1.29, 1.82) is 0 Å². The van der Waals surface area contributed by atoms with Crippen LogP contribution in [-0.2, 0) is 9.84 Å². The highest BCUT2D eigenvalue weighted by Crippen LogP contribution is 2.27. The van der Waals surface area contributed by atoms with Gasteiger partial charge in [-0.3, -0.25) is 4.98 Å². The van der Waals surface area contributed by atoms with Crippen molar-refractivity contribution < 1.29 is 8.42 Å². The Hall–Kier alpha value is -1.82. The second-order valence-electron chi connectivity index (χ2n) is 4.85. The minimum absolute atomic E-state index is 0.0305. The number of anilines is 2. The van der Waals surface area contributed by atoms with Gasteiger partial charge in [0.15, 0.2) is 9.84 Å². The van der Waals surface area contributed by atoms with E-state index >= 15 is 0 Å². The number of hydrogen-bond acceptors (Lipinski definition) is 5. The van der Waals surface area contributed by atoms with E-state index in [9.17, 15) is 8.42 Å². The van der Waals surface area contributed by atoms with Crippen molar-refractivity contribution in [3.63, 3.8) is 0 Å². The van der Waals surface area contributed by atoms with Crippen LogP contribution in [0.3, 0.4) is 0 Å². The molecule has 1 saturated heterocycles. The number of pyridine rings is 1. The summed E-state index contributed by atoms with van der Waals surface area (Å²) in [5.74, 6) is 0.453. The van der Waals surface area contributed by atoms with Crippen molar-refractivity contribution in [3.05, 3.63) is 30.5 Å². The number of aromatic nitrogens is 1. The summed E-state index contributed by atoms with van der Waals surface area (Å²) in [7, 11) is -2.88. The molecule has 1 aromatic heterocycles. The van der Waals surface area contributed by atoms with Crippen LogP contribution in [0.5, 0.6) is 0 Å². The summed E-state index contributed by atoms with van der Waals surface area (Å²) in [6.07, 6.45) is 2.33. The highest BCUT2D eigenvalue weighted by Gasteiger charge is 2.27. The molecule has 0 aliphatic carbocycles. The van der Waals surface area contributed by atoms with Gasteiger partial charge in [0.25, 0.3) is 0 Å². The maximum absolute atomic E-state index is 11.5. The van der Waals surface area contributed by atoms with Crippen LogP contribution in [0.25, 0.3) is 10.9 Å². The Morgan fingerprint density at radius 3 is 2.89 bits per heavy atom. The first-order chi connectivity index (χ1) is 9.05. The van der Waals surface area contributed by atoms with Gasteiger partial charge in [0.2, 0.25) is 0 Å². The third kappa shape index (κ3) is 2.35. The number of para-hydroxylation sites is 1. The van der Waals surface area contributed by atoms with Crippen LogP contribution in [0.15, 0.2) is 30.5 Å². The number of sulfone groups is 1. The van der Waals surface area contributed by atoms with E-state index in [1.807, 2.05) is 18.2 Å². The van der Waals surface area contributed by atoms with E-state index in [2.05, 4.69) is 10.3 Å². The second-order valence-corrected chi connectivity index (χ2v) is 7.07. The van der Waals surface area contributed by atoms with Crippen LogP contribution in [-0.4, -0.2) is 30.9 Å². The van der Waals surface area contributed by atoms with E-state index < -0.39 is 9.84 Å². The zero-order chi connectivity index (χ0) is 13.5. The molecule has 0 amide bonds. The van der Waals surface area contributed by atoms with Crippen molar-refractivity contribution in [3.8, 4) is 0 Å². The smallest absolute Gasteiger partial charge is 0.152 e. The lowest BCUT2D eigenvalue weighted by Gasteiger charge is -2.14. The summed E-state index contributed by atoms with van der Waals surface area (Å²) in [6, 6.07) is 7.43. The monoisotopic (exact) mass is 277 g/mol. The zero-order valence-electron chi connectivity index (χ0n) is 10.3. The van der Waals surface area contributed by atoms with Crippen LogP contribution in [0.2, 0.25) is 0 Å². The molecule has 19 heavy (non-hydrogen) atoms. The van der Waals surface area contributed by atoms with Crippen molar-refractivity contribution >= 4 is 32.1 Å². The standard InChI is InChI=1S/C13H15N3O2S/c14-11-3-1-2-10-12(4-6-15-13(10)11)16-9-5-7-19(17,18)8-9/h1-4,6,9H,5,7-8,14H2,(H,15,16). The number of fused-ring (bicyclic) bond motifs is 1. The fourth-order valence-corrected chi connectivity index (χ4v) is 4.13. The maximum atomic E-state index is 11.5. The second kappa shape index (κ2) is 4.38. The van der Waals surface area contributed by atoms with Crippen LogP contribution in [0.1, 0.15) is 6.42 Å². The van der Waals surface area contributed by atoms with Gasteiger partial charge in [-0.15, -0.1) is 0 Å². The summed E-state index contributed by atoms with van der Waals surface area (Å²) in [6.45, 7) is 0. The first-order valence-electron chi connectivity index (χ1n) is 6.15. The molecular weight excluding hydrogens is 262 g/mol. The predicted octanol–water partition coefficient (Wildman–Crippen LogP) is 1.42. The van der Waals surface area contributed by atoms with Crippen molar-refractivity contribution in [2.75, 3.05) is 22.6 Å². The minimum Gasteiger partial charge on any atom is -0.397 e. The van der Waals surface area contributed by atoms with Crippen LogP contribution in [0, 0.1) is 0 Å². The molecule has 5 nitrogen and oxygen atoms in total. The molecule has 1 aromatic carbocycles. The van der Waals surface area contributed by atoms with Crippen molar-refractivity contribution in [2.24, 2.45) is 0 Å². The number of benzene rings is 1. The number of hydrogen-bond donors (Lipinski definition) is 2. The Labute approximate surface area is 111 Å². The van der Waals surface area contributed by atoms with E-state index in [4.69, 9.17) is 5.73 Å². The summed E-state index contributed by atoms with van der Waals surface area (Å²) in [4.78, 5) is 4.26. The molecule has 1 atom stereocenters. The molecule has 6 heteroatoms. The van der Waals surface area contributed by atoms with E-state index in [1.165, 1.54) is 0 Å². The van der Waals surface area contributed by atoms with Crippen LogP contribution in [0.4, 0.5) is 11.4 Å². The molecule has 1 aliphatic heterocycles. The minimum atomic E-state index is -2.88.